The SMILES string of the molecule is CC(=O)OC(CC(NC(=O)CC(C)C)C(C)C)c1nc(C(=O)O)cs1. The molecule has 0 aliphatic rings. The van der Waals surface area contributed by atoms with E-state index < -0.39 is 18.0 Å². The van der Waals surface area contributed by atoms with Gasteiger partial charge in [0.05, 0.1) is 0 Å². The number of carboxylic acid groups (broad SMARTS) is 1. The van der Waals surface area contributed by atoms with Crippen LogP contribution in [0.15, 0.2) is 5.38 Å². The lowest BCUT2D eigenvalue weighted by Gasteiger charge is -2.26. The zero-order valence-electron chi connectivity index (χ0n) is 15.2. The number of aromatic nitrogens is 1. The molecule has 2 unspecified atom stereocenters. The molecule has 0 aliphatic carbocycles. The van der Waals surface area contributed by atoms with Gasteiger partial charge in [0, 0.05) is 31.2 Å². The molecule has 25 heavy (non-hydrogen) atoms. The number of hydrogen-bond acceptors (Lipinski definition) is 6. The summed E-state index contributed by atoms with van der Waals surface area (Å²) in [6.07, 6.45) is 0.0672. The molecule has 0 aromatic carbocycles. The van der Waals surface area contributed by atoms with Crippen LogP contribution in [0.2, 0.25) is 0 Å². The molecule has 1 aromatic rings. The van der Waals surface area contributed by atoms with Gasteiger partial charge in [0.25, 0.3) is 0 Å². The lowest BCUT2D eigenvalue weighted by atomic mass is 9.97. The van der Waals surface area contributed by atoms with Gasteiger partial charge in [-0.1, -0.05) is 27.7 Å². The van der Waals surface area contributed by atoms with E-state index in [0.717, 1.165) is 11.3 Å². The average molecular weight is 370 g/mol. The van der Waals surface area contributed by atoms with Crippen molar-refractivity contribution in [2.75, 3.05) is 0 Å². The fraction of sp³-hybridized carbons (Fsp3) is 0.647. The quantitative estimate of drug-likeness (QED) is 0.647. The third kappa shape index (κ3) is 7.21. The second-order valence-corrected chi connectivity index (χ2v) is 7.62. The summed E-state index contributed by atoms with van der Waals surface area (Å²) >= 11 is 1.13. The lowest BCUT2D eigenvalue weighted by Crippen LogP contribution is -2.40. The standard InChI is InChI=1S/C17H26N2O5S/c1-9(2)6-15(21)18-12(10(3)4)7-14(24-11(5)20)16-19-13(8-25-16)17(22)23/h8-10,12,14H,6-7H2,1-5H3,(H,18,21)(H,22,23). The van der Waals surface area contributed by atoms with Gasteiger partial charge in [0.2, 0.25) is 5.91 Å². The van der Waals surface area contributed by atoms with Crippen molar-refractivity contribution in [3.8, 4) is 0 Å². The minimum absolute atomic E-state index is 0.0550. The first-order valence-electron chi connectivity index (χ1n) is 8.25. The van der Waals surface area contributed by atoms with Crippen LogP contribution < -0.4 is 5.32 Å². The summed E-state index contributed by atoms with van der Waals surface area (Å²) in [4.78, 5) is 38.6. The summed E-state index contributed by atoms with van der Waals surface area (Å²) in [6, 6.07) is -0.215. The van der Waals surface area contributed by atoms with Gasteiger partial charge in [-0.25, -0.2) is 9.78 Å². The first kappa shape index (κ1) is 21.1. The van der Waals surface area contributed by atoms with Crippen molar-refractivity contribution in [2.45, 2.75) is 59.6 Å². The van der Waals surface area contributed by atoms with E-state index in [1.807, 2.05) is 27.7 Å². The molecule has 2 atom stereocenters. The molecule has 0 saturated heterocycles. The highest BCUT2D eigenvalue weighted by atomic mass is 32.1. The van der Waals surface area contributed by atoms with Crippen LogP contribution in [0.1, 0.15) is 69.1 Å². The Kier molecular flexibility index (Phi) is 8.02. The molecule has 0 fully saturated rings. The van der Waals surface area contributed by atoms with Crippen molar-refractivity contribution in [3.05, 3.63) is 16.1 Å². The number of aromatic carboxylic acids is 1. The topological polar surface area (TPSA) is 106 Å². The van der Waals surface area contributed by atoms with Crippen molar-refractivity contribution in [1.82, 2.24) is 10.3 Å². The minimum atomic E-state index is -1.13. The molecule has 0 saturated carbocycles. The monoisotopic (exact) mass is 370 g/mol. The molecule has 140 valence electrons. The molecular weight excluding hydrogens is 344 g/mol. The third-order valence-corrected chi connectivity index (χ3v) is 4.47. The molecule has 1 heterocycles. The predicted molar refractivity (Wildman–Crippen MR) is 94.4 cm³/mol. The fourth-order valence-corrected chi connectivity index (χ4v) is 3.13. The Morgan fingerprint density at radius 3 is 2.36 bits per heavy atom. The van der Waals surface area contributed by atoms with Crippen molar-refractivity contribution in [3.63, 3.8) is 0 Å². The number of amides is 1. The molecule has 8 heteroatoms. The van der Waals surface area contributed by atoms with Crippen molar-refractivity contribution in [2.24, 2.45) is 11.8 Å². The van der Waals surface area contributed by atoms with E-state index in [1.54, 1.807) is 0 Å². The molecule has 2 N–H and O–H groups in total. The van der Waals surface area contributed by atoms with Gasteiger partial charge < -0.3 is 15.2 Å². The zero-order chi connectivity index (χ0) is 19.1. The zero-order valence-corrected chi connectivity index (χ0v) is 16.1. The van der Waals surface area contributed by atoms with Crippen LogP contribution in [-0.2, 0) is 14.3 Å². The molecule has 0 spiro atoms. The third-order valence-electron chi connectivity index (χ3n) is 3.54. The number of ether oxygens (including phenoxy) is 1. The van der Waals surface area contributed by atoms with Crippen LogP contribution in [0.25, 0.3) is 0 Å². The van der Waals surface area contributed by atoms with Crippen LogP contribution in [0.3, 0.4) is 0 Å². The fourth-order valence-electron chi connectivity index (χ4n) is 2.30. The Hall–Kier alpha value is -1.96. The van der Waals surface area contributed by atoms with Crippen LogP contribution in [0.5, 0.6) is 0 Å². The van der Waals surface area contributed by atoms with Gasteiger partial charge >= 0.3 is 11.9 Å². The molecule has 0 aliphatic heterocycles. The van der Waals surface area contributed by atoms with Crippen LogP contribution in [0.4, 0.5) is 0 Å². The normalized spacial score (nSPS) is 13.6. The number of esters is 1. The Morgan fingerprint density at radius 1 is 1.28 bits per heavy atom. The molecule has 1 rings (SSSR count). The number of thiazole rings is 1. The summed E-state index contributed by atoms with van der Waals surface area (Å²) < 4.78 is 5.34. The molecule has 1 amide bonds. The van der Waals surface area contributed by atoms with E-state index in [0.29, 0.717) is 17.8 Å². The predicted octanol–water partition coefficient (Wildman–Crippen LogP) is 3.02. The largest absolute Gasteiger partial charge is 0.476 e. The minimum Gasteiger partial charge on any atom is -0.476 e. The van der Waals surface area contributed by atoms with Crippen LogP contribution >= 0.6 is 11.3 Å². The first-order valence-corrected chi connectivity index (χ1v) is 9.13. The molecule has 0 bridgehead atoms. The summed E-state index contributed by atoms with van der Waals surface area (Å²) in [6.45, 7) is 9.16. The number of hydrogen-bond donors (Lipinski definition) is 2. The van der Waals surface area contributed by atoms with E-state index in [4.69, 9.17) is 9.84 Å². The number of carbonyl (C=O) groups is 3. The summed E-state index contributed by atoms with van der Waals surface area (Å²) in [5, 5.41) is 13.8. The second-order valence-electron chi connectivity index (χ2n) is 6.73. The Balaban J connectivity index is 2.93. The second kappa shape index (κ2) is 9.50. The maximum Gasteiger partial charge on any atom is 0.355 e. The summed E-state index contributed by atoms with van der Waals surface area (Å²) in [5.41, 5.74) is -0.0814. The number of carbonyl (C=O) groups excluding carboxylic acids is 2. The van der Waals surface area contributed by atoms with Crippen molar-refractivity contribution in [1.29, 1.82) is 0 Å². The van der Waals surface area contributed by atoms with Crippen molar-refractivity contribution < 1.29 is 24.2 Å². The van der Waals surface area contributed by atoms with Crippen molar-refractivity contribution >= 4 is 29.2 Å². The molecule has 1 aromatic heterocycles. The van der Waals surface area contributed by atoms with Gasteiger partial charge in [-0.15, -0.1) is 11.3 Å². The number of carboxylic acids is 1. The van der Waals surface area contributed by atoms with E-state index in [2.05, 4.69) is 10.3 Å². The number of rotatable bonds is 9. The van der Waals surface area contributed by atoms with Gasteiger partial charge in [0.15, 0.2) is 11.8 Å². The number of nitrogens with one attached hydrogen (secondary N) is 1. The van der Waals surface area contributed by atoms with Gasteiger partial charge in [-0.05, 0) is 11.8 Å². The average Bonchev–Trinajstić information content (AvgIpc) is 2.94. The maximum absolute atomic E-state index is 12.1. The highest BCUT2D eigenvalue weighted by Gasteiger charge is 2.27. The highest BCUT2D eigenvalue weighted by Crippen LogP contribution is 2.28. The summed E-state index contributed by atoms with van der Waals surface area (Å²) in [7, 11) is 0. The van der Waals surface area contributed by atoms with E-state index in [-0.39, 0.29) is 29.5 Å². The van der Waals surface area contributed by atoms with Gasteiger partial charge in [-0.2, -0.15) is 0 Å². The van der Waals surface area contributed by atoms with E-state index in [9.17, 15) is 14.4 Å². The van der Waals surface area contributed by atoms with E-state index in [1.165, 1.54) is 12.3 Å². The lowest BCUT2D eigenvalue weighted by molar-refractivity contribution is -0.147. The van der Waals surface area contributed by atoms with Gasteiger partial charge in [-0.3, -0.25) is 9.59 Å². The Labute approximate surface area is 151 Å². The van der Waals surface area contributed by atoms with Crippen LogP contribution in [-0.4, -0.2) is 34.0 Å². The van der Waals surface area contributed by atoms with Gasteiger partial charge in [0.1, 0.15) is 5.01 Å². The first-order chi connectivity index (χ1) is 11.6. The Morgan fingerprint density at radius 2 is 1.92 bits per heavy atom. The molecule has 0 radical (unpaired) electrons. The number of nitrogens with zero attached hydrogens (tertiary/aromatic N) is 1. The molecular formula is C17H26N2O5S. The highest BCUT2D eigenvalue weighted by molar-refractivity contribution is 7.09. The maximum atomic E-state index is 12.1. The molecule has 7 nitrogen and oxygen atoms in total. The van der Waals surface area contributed by atoms with Crippen LogP contribution in [0, 0.1) is 11.8 Å². The smallest absolute Gasteiger partial charge is 0.355 e. The van der Waals surface area contributed by atoms with E-state index >= 15 is 0 Å². The Bertz CT molecular complexity index is 612. The summed E-state index contributed by atoms with van der Waals surface area (Å²) in [5.74, 6) is -1.30.